The summed E-state index contributed by atoms with van der Waals surface area (Å²) in [6, 6.07) is 30.5. The molecule has 0 saturated heterocycles. The van der Waals surface area contributed by atoms with Crippen LogP contribution >= 0.6 is 22.7 Å². The molecule has 180 valence electrons. The Balaban J connectivity index is 1.64. The van der Waals surface area contributed by atoms with E-state index in [0.29, 0.717) is 0 Å². The van der Waals surface area contributed by atoms with Gasteiger partial charge in [-0.2, -0.15) is 0 Å². The molecule has 0 N–H and O–H groups in total. The van der Waals surface area contributed by atoms with Crippen LogP contribution in [0.25, 0.3) is 40.3 Å². The molecule has 0 amide bonds. The van der Waals surface area contributed by atoms with Gasteiger partial charge in [0.05, 0.1) is 23.3 Å². The Kier molecular flexibility index (Phi) is 4.82. The predicted molar refractivity (Wildman–Crippen MR) is 174 cm³/mol. The Morgan fingerprint density at radius 3 is 1.69 bits per heavy atom. The predicted octanol–water partition coefficient (Wildman–Crippen LogP) is 8.04. The molecule has 36 heavy (non-hydrogen) atoms. The van der Waals surface area contributed by atoms with Crippen LogP contribution in [0.1, 0.15) is 5.56 Å². The van der Waals surface area contributed by atoms with E-state index in [1.807, 2.05) is 22.7 Å². The van der Waals surface area contributed by atoms with E-state index < -0.39 is 23.3 Å². The fourth-order valence-corrected chi connectivity index (χ4v) is 21.3. The van der Waals surface area contributed by atoms with Crippen molar-refractivity contribution < 1.29 is 0 Å². The van der Waals surface area contributed by atoms with E-state index in [9.17, 15) is 0 Å². The fraction of sp³-hybridized carbons (Fsp3) is 0.226. The summed E-state index contributed by atoms with van der Waals surface area (Å²) < 4.78 is 5.95. The molecule has 0 atom stereocenters. The molecule has 1 aliphatic rings. The molecule has 4 aromatic carbocycles. The van der Waals surface area contributed by atoms with E-state index in [4.69, 9.17) is 0 Å². The molecule has 1 aliphatic heterocycles. The summed E-state index contributed by atoms with van der Waals surface area (Å²) in [6.45, 7) is 15.7. The fourth-order valence-electron chi connectivity index (χ4n) is 6.40. The summed E-state index contributed by atoms with van der Waals surface area (Å²) >= 11 is 4.05. The Morgan fingerprint density at radius 2 is 1.08 bits per heavy atom. The third-order valence-corrected chi connectivity index (χ3v) is 33.0. The van der Waals surface area contributed by atoms with Gasteiger partial charge < -0.3 is 0 Å². The van der Waals surface area contributed by atoms with Gasteiger partial charge in [0, 0.05) is 40.3 Å². The lowest BCUT2D eigenvalue weighted by atomic mass is 10.1. The van der Waals surface area contributed by atoms with Crippen LogP contribution in [0, 0.1) is 0 Å². The smallest absolute Gasteiger partial charge is 0.0868 e. The topological polar surface area (TPSA) is 0 Å². The number of benzene rings is 4. The summed E-state index contributed by atoms with van der Waals surface area (Å²) in [7, 11) is -5.23. The maximum Gasteiger partial charge on any atom is 0.0868 e. The van der Waals surface area contributed by atoms with Crippen molar-refractivity contribution in [2.24, 2.45) is 0 Å². The first-order chi connectivity index (χ1) is 17.1. The van der Waals surface area contributed by atoms with E-state index in [-0.39, 0.29) is 0 Å². The minimum Gasteiger partial charge on any atom is -0.135 e. The molecule has 0 nitrogen and oxygen atoms in total. The zero-order valence-corrected chi connectivity index (χ0v) is 26.6. The standard InChI is InChI=1S/C31H32S2Si3/c1-34(2)19-20-9-7-10-23-25-17-21(13-15-27(25)32-30(20)23)35(3,4)36(5,6)22-14-16-28-26(18-22)24-11-8-12-29(34)31(24)33-28/h7-18H,19H2,1-6H3. The minimum absolute atomic E-state index is 1.18. The number of hydrogen-bond acceptors (Lipinski definition) is 2. The molecule has 0 aliphatic carbocycles. The van der Waals surface area contributed by atoms with Crippen molar-refractivity contribution in [1.82, 2.24) is 0 Å². The first-order valence-electron chi connectivity index (χ1n) is 13.0. The van der Waals surface area contributed by atoms with Crippen LogP contribution < -0.4 is 15.6 Å². The molecular formula is C31H32S2Si3. The minimum atomic E-state index is -1.74. The third kappa shape index (κ3) is 3.07. The van der Waals surface area contributed by atoms with E-state index in [0.717, 1.165) is 0 Å². The highest BCUT2D eigenvalue weighted by atomic mass is 32.1. The van der Waals surface area contributed by atoms with Gasteiger partial charge in [-0.15, -0.1) is 22.7 Å². The van der Waals surface area contributed by atoms with Crippen molar-refractivity contribution in [2.75, 3.05) is 0 Å². The molecule has 10 bridgehead atoms. The average Bonchev–Trinajstić information content (AvgIpc) is 3.41. The molecular weight excluding hydrogens is 521 g/mol. The molecule has 0 radical (unpaired) electrons. The monoisotopic (exact) mass is 552 g/mol. The molecule has 3 heterocycles. The number of hydrogen-bond donors (Lipinski definition) is 0. The summed E-state index contributed by atoms with van der Waals surface area (Å²) in [5.41, 5.74) is 1.55. The van der Waals surface area contributed by atoms with Gasteiger partial charge in [0.2, 0.25) is 0 Å². The van der Waals surface area contributed by atoms with Gasteiger partial charge in [-0.25, -0.2) is 0 Å². The van der Waals surface area contributed by atoms with Crippen LogP contribution in [0.4, 0.5) is 0 Å². The van der Waals surface area contributed by atoms with Crippen LogP contribution in [0.15, 0.2) is 72.8 Å². The number of rotatable bonds is 0. The van der Waals surface area contributed by atoms with Crippen molar-refractivity contribution >= 4 is 102 Å². The second kappa shape index (κ2) is 7.51. The van der Waals surface area contributed by atoms with Crippen LogP contribution in [0.5, 0.6) is 0 Å². The van der Waals surface area contributed by atoms with Gasteiger partial charge in [-0.05, 0) is 28.9 Å². The van der Waals surface area contributed by atoms with Crippen LogP contribution in [0.2, 0.25) is 39.3 Å². The largest absolute Gasteiger partial charge is 0.135 e. The zero-order chi connectivity index (χ0) is 25.0. The lowest BCUT2D eigenvalue weighted by Gasteiger charge is -2.39. The maximum absolute atomic E-state index is 2.63. The molecule has 0 saturated carbocycles. The van der Waals surface area contributed by atoms with Crippen LogP contribution in [-0.4, -0.2) is 23.3 Å². The summed E-state index contributed by atoms with van der Waals surface area (Å²) in [6.07, 6.45) is 0. The Bertz CT molecular complexity index is 1850. The van der Waals surface area contributed by atoms with E-state index in [2.05, 4.69) is 112 Å². The molecule has 0 fully saturated rings. The van der Waals surface area contributed by atoms with Crippen LogP contribution in [0.3, 0.4) is 0 Å². The first-order valence-corrected chi connectivity index (χ1v) is 24.8. The van der Waals surface area contributed by atoms with Gasteiger partial charge in [0.25, 0.3) is 0 Å². The lowest BCUT2D eigenvalue weighted by Crippen LogP contribution is -2.69. The quantitative estimate of drug-likeness (QED) is 0.167. The van der Waals surface area contributed by atoms with E-state index in [1.165, 1.54) is 46.4 Å². The van der Waals surface area contributed by atoms with Gasteiger partial charge in [0.1, 0.15) is 0 Å². The van der Waals surface area contributed by atoms with Crippen molar-refractivity contribution in [1.29, 1.82) is 0 Å². The number of fused-ring (bicyclic) bond motifs is 2. The highest BCUT2D eigenvalue weighted by Gasteiger charge is 2.44. The van der Waals surface area contributed by atoms with Crippen molar-refractivity contribution in [3.63, 3.8) is 0 Å². The van der Waals surface area contributed by atoms with E-state index in [1.54, 1.807) is 21.1 Å². The molecule has 0 unspecified atom stereocenters. The molecule has 7 rings (SSSR count). The second-order valence-corrected chi connectivity index (χ2v) is 34.3. The Hall–Kier alpha value is -2.03. The summed E-state index contributed by atoms with van der Waals surface area (Å²) in [5, 5.41) is 10.8. The Morgan fingerprint density at radius 1 is 0.556 bits per heavy atom. The zero-order valence-electron chi connectivity index (χ0n) is 22.0. The van der Waals surface area contributed by atoms with Gasteiger partial charge in [-0.1, -0.05) is 110 Å². The molecule has 5 heteroatoms. The highest BCUT2D eigenvalue weighted by molar-refractivity contribution is 7.50. The van der Waals surface area contributed by atoms with E-state index >= 15 is 0 Å². The van der Waals surface area contributed by atoms with Crippen molar-refractivity contribution in [3.8, 4) is 0 Å². The average molecular weight is 553 g/mol. The van der Waals surface area contributed by atoms with Gasteiger partial charge in [-0.3, -0.25) is 0 Å². The van der Waals surface area contributed by atoms with Gasteiger partial charge >= 0.3 is 0 Å². The molecule has 0 spiro atoms. The normalized spacial score (nSPS) is 18.3. The third-order valence-electron chi connectivity index (χ3n) is 9.44. The number of thiophene rings is 2. The second-order valence-electron chi connectivity index (χ2n) is 12.4. The highest BCUT2D eigenvalue weighted by Crippen LogP contribution is 2.39. The van der Waals surface area contributed by atoms with Gasteiger partial charge in [0.15, 0.2) is 0 Å². The van der Waals surface area contributed by atoms with Crippen molar-refractivity contribution in [2.45, 2.75) is 45.3 Å². The maximum atomic E-state index is 2.63. The molecule has 6 aromatic rings. The molecule has 2 aromatic heterocycles. The SMILES string of the molecule is C[Si]1(C)Cc2cccc3c2sc2ccc(cc23)[Si](C)(C)[Si](C)(C)c2ccc3sc4c1cccc4c3c2. The van der Waals surface area contributed by atoms with Crippen LogP contribution in [-0.2, 0) is 6.04 Å². The van der Waals surface area contributed by atoms with Crippen molar-refractivity contribution in [3.05, 3.63) is 78.4 Å². The summed E-state index contributed by atoms with van der Waals surface area (Å²) in [5.74, 6) is 0. The summed E-state index contributed by atoms with van der Waals surface area (Å²) in [4.78, 5) is 0. The Labute approximate surface area is 224 Å². The first kappa shape index (κ1) is 23.1. The lowest BCUT2D eigenvalue weighted by molar-refractivity contribution is 1.37.